The van der Waals surface area contributed by atoms with Crippen molar-refractivity contribution in [2.24, 2.45) is 11.8 Å². The van der Waals surface area contributed by atoms with Crippen molar-refractivity contribution in [3.63, 3.8) is 0 Å². The van der Waals surface area contributed by atoms with Crippen LogP contribution in [0.3, 0.4) is 0 Å². The predicted octanol–water partition coefficient (Wildman–Crippen LogP) is 2.96. The molecule has 0 aliphatic heterocycles. The van der Waals surface area contributed by atoms with Gasteiger partial charge in [-0.25, -0.2) is 13.1 Å². The van der Waals surface area contributed by atoms with E-state index >= 15 is 0 Å². The molecular weight excluding hydrogens is 304 g/mol. The quantitative estimate of drug-likeness (QED) is 0.721. The molecule has 1 aliphatic rings. The minimum atomic E-state index is -3.37. The molecule has 2 N–H and O–H groups in total. The Kier molecular flexibility index (Phi) is 6.22. The number of nitrogens with one attached hydrogen (secondary N) is 2. The summed E-state index contributed by atoms with van der Waals surface area (Å²) in [6.45, 7) is 6.45. The lowest BCUT2D eigenvalue weighted by Crippen LogP contribution is -2.29. The van der Waals surface area contributed by atoms with Gasteiger partial charge in [0, 0.05) is 18.0 Å². The minimum Gasteiger partial charge on any atom is -0.312 e. The maximum atomic E-state index is 12.5. The first-order valence-corrected chi connectivity index (χ1v) is 10.2. The normalized spacial score (nSPS) is 22.8. The van der Waals surface area contributed by atoms with Crippen LogP contribution in [0.5, 0.6) is 0 Å². The van der Waals surface area contributed by atoms with Crippen LogP contribution in [0, 0.1) is 11.8 Å². The molecule has 1 aromatic rings. The van der Waals surface area contributed by atoms with E-state index in [0.717, 1.165) is 36.6 Å². The van der Waals surface area contributed by atoms with E-state index in [1.807, 2.05) is 5.38 Å². The number of hydrogen-bond acceptors (Lipinski definition) is 4. The Bertz CT molecular complexity index is 540. The highest BCUT2D eigenvalue weighted by Crippen LogP contribution is 2.30. The molecule has 120 valence electrons. The van der Waals surface area contributed by atoms with E-state index in [1.54, 1.807) is 6.07 Å². The summed E-state index contributed by atoms with van der Waals surface area (Å²) in [7, 11) is -3.37. The molecule has 1 aliphatic carbocycles. The van der Waals surface area contributed by atoms with Gasteiger partial charge in [-0.15, -0.1) is 11.3 Å². The van der Waals surface area contributed by atoms with Crippen molar-refractivity contribution in [1.29, 1.82) is 0 Å². The van der Waals surface area contributed by atoms with Crippen molar-refractivity contribution in [1.82, 2.24) is 10.0 Å². The molecule has 0 radical (unpaired) electrons. The Labute approximate surface area is 132 Å². The summed E-state index contributed by atoms with van der Waals surface area (Å²) in [4.78, 5) is 1.35. The monoisotopic (exact) mass is 330 g/mol. The van der Waals surface area contributed by atoms with Gasteiger partial charge in [0.1, 0.15) is 0 Å². The maximum absolute atomic E-state index is 12.5. The first-order chi connectivity index (χ1) is 10.0. The molecule has 4 nitrogen and oxygen atoms in total. The molecule has 0 spiro atoms. The van der Waals surface area contributed by atoms with E-state index in [2.05, 4.69) is 23.9 Å². The molecule has 0 aromatic carbocycles. The van der Waals surface area contributed by atoms with Gasteiger partial charge in [0.2, 0.25) is 10.0 Å². The fourth-order valence-corrected chi connectivity index (χ4v) is 5.42. The van der Waals surface area contributed by atoms with Crippen molar-refractivity contribution in [2.75, 3.05) is 13.1 Å². The van der Waals surface area contributed by atoms with Gasteiger partial charge < -0.3 is 5.32 Å². The van der Waals surface area contributed by atoms with E-state index in [9.17, 15) is 8.42 Å². The van der Waals surface area contributed by atoms with Gasteiger partial charge in [-0.1, -0.05) is 20.3 Å². The van der Waals surface area contributed by atoms with Gasteiger partial charge >= 0.3 is 0 Å². The van der Waals surface area contributed by atoms with Gasteiger partial charge in [-0.3, -0.25) is 0 Å². The average Bonchev–Trinajstić information content (AvgIpc) is 3.06. The molecule has 21 heavy (non-hydrogen) atoms. The lowest BCUT2D eigenvalue weighted by Gasteiger charge is -2.12. The van der Waals surface area contributed by atoms with Crippen molar-refractivity contribution < 1.29 is 8.42 Å². The summed E-state index contributed by atoms with van der Waals surface area (Å²) in [5.74, 6) is 1.23. The second-order valence-electron chi connectivity index (χ2n) is 6.02. The standard InChI is InChI=1S/C15H26N2O2S2/c1-3-7-16-11-14-15(6-8-20-14)21(18,19)17-10-13-5-4-12(2)9-13/h6,8,12-13,16-17H,3-5,7,9-11H2,1-2H3. The molecule has 2 rings (SSSR count). The lowest BCUT2D eigenvalue weighted by molar-refractivity contribution is 0.498. The van der Waals surface area contributed by atoms with Crippen LogP contribution in [-0.4, -0.2) is 21.5 Å². The first kappa shape index (κ1) is 16.9. The number of thiophene rings is 1. The number of sulfonamides is 1. The highest BCUT2D eigenvalue weighted by molar-refractivity contribution is 7.89. The molecule has 2 unspecified atom stereocenters. The molecule has 2 atom stereocenters. The van der Waals surface area contributed by atoms with Crippen molar-refractivity contribution in [2.45, 2.75) is 51.0 Å². The topological polar surface area (TPSA) is 58.2 Å². The highest BCUT2D eigenvalue weighted by Gasteiger charge is 2.25. The third kappa shape index (κ3) is 4.77. The van der Waals surface area contributed by atoms with Crippen molar-refractivity contribution >= 4 is 21.4 Å². The van der Waals surface area contributed by atoms with Crippen LogP contribution in [0.4, 0.5) is 0 Å². The summed E-state index contributed by atoms with van der Waals surface area (Å²) in [5.41, 5.74) is 0. The summed E-state index contributed by atoms with van der Waals surface area (Å²) in [5, 5.41) is 5.13. The molecule has 1 heterocycles. The summed E-state index contributed by atoms with van der Waals surface area (Å²) >= 11 is 1.50. The van der Waals surface area contributed by atoms with Crippen LogP contribution in [0.1, 0.15) is 44.4 Å². The molecule has 0 amide bonds. The van der Waals surface area contributed by atoms with E-state index in [4.69, 9.17) is 0 Å². The van der Waals surface area contributed by atoms with Gasteiger partial charge in [0.25, 0.3) is 0 Å². The van der Waals surface area contributed by atoms with Gasteiger partial charge in [0.15, 0.2) is 0 Å². The van der Waals surface area contributed by atoms with E-state index in [0.29, 0.717) is 23.9 Å². The Morgan fingerprint density at radius 3 is 2.86 bits per heavy atom. The molecule has 1 fully saturated rings. The van der Waals surface area contributed by atoms with E-state index in [-0.39, 0.29) is 0 Å². The van der Waals surface area contributed by atoms with Crippen LogP contribution in [0.2, 0.25) is 0 Å². The Balaban J connectivity index is 1.94. The zero-order chi connectivity index (χ0) is 15.3. The number of rotatable bonds is 8. The Morgan fingerprint density at radius 2 is 2.19 bits per heavy atom. The largest absolute Gasteiger partial charge is 0.312 e. The third-order valence-corrected chi connectivity index (χ3v) is 6.63. The average molecular weight is 331 g/mol. The molecule has 0 saturated heterocycles. The summed E-state index contributed by atoms with van der Waals surface area (Å²) in [6.07, 6.45) is 4.54. The summed E-state index contributed by atoms with van der Waals surface area (Å²) in [6, 6.07) is 1.72. The van der Waals surface area contributed by atoms with Crippen LogP contribution in [-0.2, 0) is 16.6 Å². The summed E-state index contributed by atoms with van der Waals surface area (Å²) < 4.78 is 27.7. The second kappa shape index (κ2) is 7.72. The fourth-order valence-electron chi connectivity index (χ4n) is 2.89. The number of hydrogen-bond donors (Lipinski definition) is 2. The van der Waals surface area contributed by atoms with Crippen LogP contribution in [0.15, 0.2) is 16.3 Å². The van der Waals surface area contributed by atoms with E-state index in [1.165, 1.54) is 17.8 Å². The Hall–Kier alpha value is -0.430. The van der Waals surface area contributed by atoms with Gasteiger partial charge in [0.05, 0.1) is 4.90 Å². The van der Waals surface area contributed by atoms with Gasteiger partial charge in [-0.05, 0) is 49.1 Å². The van der Waals surface area contributed by atoms with Crippen molar-refractivity contribution in [3.8, 4) is 0 Å². The third-order valence-electron chi connectivity index (χ3n) is 4.07. The highest BCUT2D eigenvalue weighted by atomic mass is 32.2. The second-order valence-corrected chi connectivity index (χ2v) is 8.76. The first-order valence-electron chi connectivity index (χ1n) is 7.79. The Morgan fingerprint density at radius 1 is 1.38 bits per heavy atom. The maximum Gasteiger partial charge on any atom is 0.241 e. The molecule has 6 heteroatoms. The van der Waals surface area contributed by atoms with Crippen LogP contribution < -0.4 is 10.0 Å². The van der Waals surface area contributed by atoms with E-state index < -0.39 is 10.0 Å². The SMILES string of the molecule is CCCNCc1sccc1S(=O)(=O)NCC1CCC(C)C1. The van der Waals surface area contributed by atoms with Crippen LogP contribution >= 0.6 is 11.3 Å². The molecule has 1 aromatic heterocycles. The molecular formula is C15H26N2O2S2. The molecule has 1 saturated carbocycles. The van der Waals surface area contributed by atoms with Crippen LogP contribution in [0.25, 0.3) is 0 Å². The fraction of sp³-hybridized carbons (Fsp3) is 0.733. The minimum absolute atomic E-state index is 0.446. The zero-order valence-electron chi connectivity index (χ0n) is 12.9. The van der Waals surface area contributed by atoms with Gasteiger partial charge in [-0.2, -0.15) is 0 Å². The zero-order valence-corrected chi connectivity index (χ0v) is 14.5. The smallest absolute Gasteiger partial charge is 0.241 e. The predicted molar refractivity (Wildman–Crippen MR) is 88.0 cm³/mol. The molecule has 0 bridgehead atoms. The van der Waals surface area contributed by atoms with Crippen molar-refractivity contribution in [3.05, 3.63) is 16.3 Å². The lowest BCUT2D eigenvalue weighted by atomic mass is 10.1.